The Hall–Kier alpha value is -1.01. The fraction of sp³-hybridized carbons (Fsp3) is 0.667. The van der Waals surface area contributed by atoms with E-state index in [1.165, 1.54) is 25.5 Å². The molecule has 0 rings (SSSR count). The highest BCUT2D eigenvalue weighted by molar-refractivity contribution is 5.69. The summed E-state index contributed by atoms with van der Waals surface area (Å²) in [5.74, 6) is -0.157. The first kappa shape index (κ1) is 13.0. The minimum atomic E-state index is -0.157. The largest absolute Gasteiger partial charge is 0.426 e. The zero-order valence-corrected chi connectivity index (χ0v) is 9.21. The number of unbranched alkanes of at least 4 members (excludes halogenated alkanes) is 4. The molecule has 2 nitrogen and oxygen atoms in total. The van der Waals surface area contributed by atoms with Crippen LogP contribution in [0.15, 0.2) is 18.1 Å². The lowest BCUT2D eigenvalue weighted by Crippen LogP contribution is -1.98. The van der Waals surface area contributed by atoms with Crippen LogP contribution in [0.2, 0.25) is 0 Å². The molecule has 80 valence electrons. The highest BCUT2D eigenvalue weighted by Crippen LogP contribution is 2.05. The average molecular weight is 196 g/mol. The van der Waals surface area contributed by atoms with E-state index in [-0.39, 0.29) is 5.97 Å². The normalized spacial score (nSPS) is 9.00. The lowest BCUT2D eigenvalue weighted by Gasteiger charge is -1.98. The van der Waals surface area contributed by atoms with E-state index in [2.05, 4.69) is 12.7 Å². The number of rotatable bonds is 7. The van der Waals surface area contributed by atoms with Crippen molar-refractivity contribution in [3.63, 3.8) is 0 Å². The molecule has 0 unspecified atom stereocenters. The van der Waals surface area contributed by atoms with E-state index in [0.717, 1.165) is 12.8 Å². The molecule has 0 saturated carbocycles. The average Bonchev–Trinajstić information content (AvgIpc) is 2.18. The third-order valence-electron chi connectivity index (χ3n) is 1.91. The van der Waals surface area contributed by atoms with Crippen LogP contribution in [0, 0.1) is 0 Å². The molecule has 0 aromatic carbocycles. The van der Waals surface area contributed by atoms with Gasteiger partial charge in [-0.05, 0) is 19.4 Å². The molecule has 0 radical (unpaired) electrons. The molecule has 0 heterocycles. The summed E-state index contributed by atoms with van der Waals surface area (Å²) in [4.78, 5) is 11.0. The predicted octanol–water partition coefficient (Wildman–Crippen LogP) is 3.58. The van der Waals surface area contributed by atoms with Gasteiger partial charge in [-0.15, -0.1) is 0 Å². The predicted molar refractivity (Wildman–Crippen MR) is 57.8 cm³/mol. The molecule has 0 aromatic rings. The molecule has 14 heavy (non-hydrogen) atoms. The van der Waals surface area contributed by atoms with Crippen LogP contribution in [0.4, 0.5) is 0 Å². The van der Waals surface area contributed by atoms with Crippen molar-refractivity contribution in [1.29, 1.82) is 0 Å². The second-order valence-electron chi connectivity index (χ2n) is 3.23. The summed E-state index contributed by atoms with van der Waals surface area (Å²) in [5.41, 5.74) is 2.70. The number of hydrogen-bond donors (Lipinski definition) is 0. The minimum absolute atomic E-state index is 0.157. The van der Waals surface area contributed by atoms with Crippen LogP contribution >= 0.6 is 0 Å². The maximum Gasteiger partial charge on any atom is 0.311 e. The monoisotopic (exact) mass is 196 g/mol. The molecule has 0 spiro atoms. The van der Waals surface area contributed by atoms with Crippen molar-refractivity contribution < 1.29 is 9.53 Å². The van der Waals surface area contributed by atoms with Gasteiger partial charge in [0, 0.05) is 6.42 Å². The summed E-state index contributed by atoms with van der Waals surface area (Å²) >= 11 is 0. The van der Waals surface area contributed by atoms with Gasteiger partial charge in [-0.2, -0.15) is 0 Å². The Morgan fingerprint density at radius 2 is 2.00 bits per heavy atom. The van der Waals surface area contributed by atoms with E-state index in [0.29, 0.717) is 6.42 Å². The SMILES string of the molecule is CC=C=COC(=O)CCCCCCC. The highest BCUT2D eigenvalue weighted by atomic mass is 16.5. The number of allylic oxidation sites excluding steroid dienone is 1. The van der Waals surface area contributed by atoms with Gasteiger partial charge in [0.1, 0.15) is 6.26 Å². The molecular formula is C12H20O2. The zero-order valence-electron chi connectivity index (χ0n) is 9.21. The second kappa shape index (κ2) is 10.1. The first-order valence-electron chi connectivity index (χ1n) is 5.36. The quantitative estimate of drug-likeness (QED) is 0.269. The minimum Gasteiger partial charge on any atom is -0.426 e. The molecule has 0 saturated heterocycles. The van der Waals surface area contributed by atoms with Crippen LogP contribution in [-0.2, 0) is 9.53 Å². The Kier molecular flexibility index (Phi) is 9.35. The number of ether oxygens (including phenoxy) is 1. The standard InChI is InChI=1S/C12H20O2/c1-3-5-7-8-9-10-12(13)14-11-6-4-2/h4,11H,3,5,7-10H2,1-2H3. The van der Waals surface area contributed by atoms with Crippen LogP contribution in [0.1, 0.15) is 52.4 Å². The van der Waals surface area contributed by atoms with Gasteiger partial charge in [-0.25, -0.2) is 0 Å². The third kappa shape index (κ3) is 9.08. The summed E-state index contributed by atoms with van der Waals surface area (Å²) in [6.07, 6.45) is 9.30. The molecular weight excluding hydrogens is 176 g/mol. The molecule has 2 heteroatoms. The van der Waals surface area contributed by atoms with Crippen molar-refractivity contribution in [1.82, 2.24) is 0 Å². The van der Waals surface area contributed by atoms with Crippen LogP contribution in [0.3, 0.4) is 0 Å². The van der Waals surface area contributed by atoms with E-state index in [4.69, 9.17) is 4.74 Å². The van der Waals surface area contributed by atoms with Crippen molar-refractivity contribution in [2.75, 3.05) is 0 Å². The van der Waals surface area contributed by atoms with Crippen LogP contribution in [-0.4, -0.2) is 5.97 Å². The molecule has 0 aromatic heterocycles. The van der Waals surface area contributed by atoms with Gasteiger partial charge in [0.05, 0.1) is 0 Å². The van der Waals surface area contributed by atoms with E-state index < -0.39 is 0 Å². The lowest BCUT2D eigenvalue weighted by molar-refractivity contribution is -0.138. The molecule has 0 N–H and O–H groups in total. The smallest absolute Gasteiger partial charge is 0.311 e. The van der Waals surface area contributed by atoms with E-state index in [9.17, 15) is 4.79 Å². The molecule has 0 aliphatic rings. The van der Waals surface area contributed by atoms with Gasteiger partial charge >= 0.3 is 5.97 Å². The van der Waals surface area contributed by atoms with E-state index in [1.54, 1.807) is 6.08 Å². The number of esters is 1. The Labute approximate surface area is 86.6 Å². The number of carbonyl (C=O) groups is 1. The lowest BCUT2D eigenvalue weighted by atomic mass is 10.1. The van der Waals surface area contributed by atoms with E-state index in [1.807, 2.05) is 6.92 Å². The van der Waals surface area contributed by atoms with Crippen molar-refractivity contribution in [2.45, 2.75) is 52.4 Å². The molecule has 0 atom stereocenters. The number of carbonyl (C=O) groups excluding carboxylic acids is 1. The first-order chi connectivity index (χ1) is 6.81. The first-order valence-corrected chi connectivity index (χ1v) is 5.36. The van der Waals surface area contributed by atoms with Crippen LogP contribution < -0.4 is 0 Å². The Morgan fingerprint density at radius 3 is 2.64 bits per heavy atom. The van der Waals surface area contributed by atoms with Gasteiger partial charge in [0.15, 0.2) is 0 Å². The maximum absolute atomic E-state index is 11.0. The van der Waals surface area contributed by atoms with Gasteiger partial charge in [0.25, 0.3) is 0 Å². The zero-order chi connectivity index (χ0) is 10.6. The molecule has 0 bridgehead atoms. The van der Waals surface area contributed by atoms with Crippen molar-refractivity contribution in [3.05, 3.63) is 18.1 Å². The van der Waals surface area contributed by atoms with Crippen molar-refractivity contribution in [2.24, 2.45) is 0 Å². The second-order valence-corrected chi connectivity index (χ2v) is 3.23. The Bertz CT molecular complexity index is 200. The molecule has 0 aliphatic heterocycles. The van der Waals surface area contributed by atoms with Gasteiger partial charge in [-0.1, -0.05) is 38.3 Å². The summed E-state index contributed by atoms with van der Waals surface area (Å²) in [6.45, 7) is 4.01. The molecule has 0 aliphatic carbocycles. The summed E-state index contributed by atoms with van der Waals surface area (Å²) < 4.78 is 4.78. The summed E-state index contributed by atoms with van der Waals surface area (Å²) in [5, 5.41) is 0. The van der Waals surface area contributed by atoms with Crippen LogP contribution in [0.25, 0.3) is 0 Å². The highest BCUT2D eigenvalue weighted by Gasteiger charge is 1.99. The van der Waals surface area contributed by atoms with Crippen LogP contribution in [0.5, 0.6) is 0 Å². The summed E-state index contributed by atoms with van der Waals surface area (Å²) in [6, 6.07) is 0. The van der Waals surface area contributed by atoms with Gasteiger partial charge in [-0.3, -0.25) is 4.79 Å². The molecule has 0 fully saturated rings. The number of hydrogen-bond acceptors (Lipinski definition) is 2. The molecule has 0 amide bonds. The summed E-state index contributed by atoms with van der Waals surface area (Å²) in [7, 11) is 0. The van der Waals surface area contributed by atoms with Crippen molar-refractivity contribution in [3.8, 4) is 0 Å². The van der Waals surface area contributed by atoms with Gasteiger partial charge in [0.2, 0.25) is 0 Å². The third-order valence-corrected chi connectivity index (χ3v) is 1.91. The Balaban J connectivity index is 3.31. The van der Waals surface area contributed by atoms with E-state index >= 15 is 0 Å². The topological polar surface area (TPSA) is 26.3 Å². The van der Waals surface area contributed by atoms with Crippen molar-refractivity contribution >= 4 is 5.97 Å². The Morgan fingerprint density at radius 1 is 1.29 bits per heavy atom. The van der Waals surface area contributed by atoms with Gasteiger partial charge < -0.3 is 4.74 Å². The fourth-order valence-corrected chi connectivity index (χ4v) is 1.10. The fourth-order valence-electron chi connectivity index (χ4n) is 1.10. The maximum atomic E-state index is 11.0.